The average Bonchev–Trinajstić information content (AvgIpc) is 2.68. The van der Waals surface area contributed by atoms with Crippen LogP contribution in [-0.4, -0.2) is 31.2 Å². The summed E-state index contributed by atoms with van der Waals surface area (Å²) in [5.41, 5.74) is 1.21. The number of amides is 1. The first-order valence-electron chi connectivity index (χ1n) is 8.36. The van der Waals surface area contributed by atoms with Crippen molar-refractivity contribution in [3.63, 3.8) is 0 Å². The summed E-state index contributed by atoms with van der Waals surface area (Å²) in [5.74, 6) is 0.200. The van der Waals surface area contributed by atoms with Crippen molar-refractivity contribution in [3.05, 3.63) is 59.1 Å². The van der Waals surface area contributed by atoms with Gasteiger partial charge in [-0.15, -0.1) is 0 Å². The predicted octanol–water partition coefficient (Wildman–Crippen LogP) is 3.69. The molecule has 1 N–H and O–H groups in total. The highest BCUT2D eigenvalue weighted by molar-refractivity contribution is 6.33. The molecule has 0 fully saturated rings. The smallest absolute Gasteiger partial charge is 0.331 e. The van der Waals surface area contributed by atoms with Crippen LogP contribution in [-0.2, 0) is 14.3 Å². The first-order valence-corrected chi connectivity index (χ1v) is 8.74. The summed E-state index contributed by atoms with van der Waals surface area (Å²) < 4.78 is 16.1. The molecule has 2 aromatic carbocycles. The van der Waals surface area contributed by atoms with Gasteiger partial charge in [-0.05, 0) is 42.8 Å². The molecular weight excluding hydrogens is 370 g/mol. The molecule has 140 valence electrons. The maximum Gasteiger partial charge on any atom is 0.331 e. The minimum absolute atomic E-state index is 0.405. The number of para-hydroxylation sites is 1. The summed E-state index contributed by atoms with van der Waals surface area (Å²) >= 11 is 5.99. The van der Waals surface area contributed by atoms with Crippen LogP contribution >= 0.6 is 11.6 Å². The van der Waals surface area contributed by atoms with E-state index in [1.807, 2.05) is 0 Å². The molecule has 1 heterocycles. The first kappa shape index (κ1) is 18.8. The van der Waals surface area contributed by atoms with Gasteiger partial charge in [-0.2, -0.15) is 0 Å². The van der Waals surface area contributed by atoms with Gasteiger partial charge < -0.3 is 19.5 Å². The number of fused-ring (bicyclic) bond motifs is 1. The fourth-order valence-corrected chi connectivity index (χ4v) is 2.57. The minimum atomic E-state index is -0.973. The number of anilines is 1. The highest BCUT2D eigenvalue weighted by Crippen LogP contribution is 2.31. The Bertz CT molecular complexity index is 880. The Balaban J connectivity index is 1.56. The standard InChI is InChI=1S/C20H18ClNO5/c1-13(20(24)22-16-5-3-2-4-15(16)21)27-19(23)9-7-14-6-8-17-18(12-14)26-11-10-25-17/h2-9,12-13H,10-11H2,1H3,(H,22,24)/b9-7+/t13-/m1/s1. The molecule has 0 saturated heterocycles. The van der Waals surface area contributed by atoms with Crippen LogP contribution in [0.5, 0.6) is 11.5 Å². The molecule has 0 radical (unpaired) electrons. The highest BCUT2D eigenvalue weighted by atomic mass is 35.5. The van der Waals surface area contributed by atoms with E-state index in [2.05, 4.69) is 5.32 Å². The van der Waals surface area contributed by atoms with Crippen molar-refractivity contribution in [1.29, 1.82) is 0 Å². The number of ether oxygens (including phenoxy) is 3. The number of benzene rings is 2. The van der Waals surface area contributed by atoms with Gasteiger partial charge in [0, 0.05) is 6.08 Å². The van der Waals surface area contributed by atoms with E-state index in [4.69, 9.17) is 25.8 Å². The summed E-state index contributed by atoms with van der Waals surface area (Å²) in [7, 11) is 0. The van der Waals surface area contributed by atoms with E-state index in [1.54, 1.807) is 48.5 Å². The van der Waals surface area contributed by atoms with Gasteiger partial charge in [0.2, 0.25) is 0 Å². The predicted molar refractivity (Wildman–Crippen MR) is 102 cm³/mol. The minimum Gasteiger partial charge on any atom is -0.486 e. The highest BCUT2D eigenvalue weighted by Gasteiger charge is 2.17. The van der Waals surface area contributed by atoms with Gasteiger partial charge in [0.1, 0.15) is 13.2 Å². The lowest BCUT2D eigenvalue weighted by Crippen LogP contribution is -2.29. The van der Waals surface area contributed by atoms with Crippen molar-refractivity contribution in [1.82, 2.24) is 0 Å². The van der Waals surface area contributed by atoms with Crippen molar-refractivity contribution in [2.24, 2.45) is 0 Å². The quantitative estimate of drug-likeness (QED) is 0.625. The molecular formula is C20H18ClNO5. The second-order valence-electron chi connectivity index (χ2n) is 5.78. The number of carbonyl (C=O) groups excluding carboxylic acids is 2. The van der Waals surface area contributed by atoms with Crippen LogP contribution in [0.2, 0.25) is 5.02 Å². The lowest BCUT2D eigenvalue weighted by atomic mass is 10.2. The van der Waals surface area contributed by atoms with Crippen LogP contribution in [0.25, 0.3) is 6.08 Å². The number of rotatable bonds is 5. The summed E-state index contributed by atoms with van der Waals surface area (Å²) in [6.07, 6.45) is 1.86. The molecule has 1 aliphatic heterocycles. The van der Waals surface area contributed by atoms with Crippen molar-refractivity contribution in [2.45, 2.75) is 13.0 Å². The zero-order valence-electron chi connectivity index (χ0n) is 14.6. The Morgan fingerprint density at radius 2 is 1.89 bits per heavy atom. The molecule has 1 amide bonds. The van der Waals surface area contributed by atoms with Gasteiger partial charge >= 0.3 is 5.97 Å². The van der Waals surface area contributed by atoms with Crippen molar-refractivity contribution >= 4 is 35.2 Å². The molecule has 7 heteroatoms. The lowest BCUT2D eigenvalue weighted by molar-refractivity contribution is -0.148. The van der Waals surface area contributed by atoms with Crippen molar-refractivity contribution in [2.75, 3.05) is 18.5 Å². The third kappa shape index (κ3) is 5.01. The number of halogens is 1. The average molecular weight is 388 g/mol. The molecule has 0 unspecified atom stereocenters. The topological polar surface area (TPSA) is 73.9 Å². The van der Waals surface area contributed by atoms with Gasteiger partial charge in [0.05, 0.1) is 10.7 Å². The number of hydrogen-bond donors (Lipinski definition) is 1. The third-order valence-electron chi connectivity index (χ3n) is 3.77. The maximum atomic E-state index is 12.1. The number of esters is 1. The molecule has 3 rings (SSSR count). The second kappa shape index (κ2) is 8.60. The van der Waals surface area contributed by atoms with Gasteiger partial charge in [-0.3, -0.25) is 4.79 Å². The van der Waals surface area contributed by atoms with Gasteiger partial charge in [0.15, 0.2) is 17.6 Å². The van der Waals surface area contributed by atoms with Gasteiger partial charge in [0.25, 0.3) is 5.91 Å². The maximum absolute atomic E-state index is 12.1. The molecule has 0 aliphatic carbocycles. The van der Waals surface area contributed by atoms with Crippen LogP contribution in [0.4, 0.5) is 5.69 Å². The van der Waals surface area contributed by atoms with Crippen molar-refractivity contribution < 1.29 is 23.8 Å². The van der Waals surface area contributed by atoms with E-state index < -0.39 is 18.0 Å². The van der Waals surface area contributed by atoms with E-state index in [9.17, 15) is 9.59 Å². The molecule has 0 spiro atoms. The summed E-state index contributed by atoms with van der Waals surface area (Å²) in [6.45, 7) is 2.49. The van der Waals surface area contributed by atoms with E-state index in [0.29, 0.717) is 35.4 Å². The zero-order valence-corrected chi connectivity index (χ0v) is 15.4. The Labute approximate surface area is 161 Å². The number of carbonyl (C=O) groups is 2. The van der Waals surface area contributed by atoms with Crippen LogP contribution in [0.3, 0.4) is 0 Å². The zero-order chi connectivity index (χ0) is 19.2. The molecule has 2 aromatic rings. The van der Waals surface area contributed by atoms with Crippen LogP contribution < -0.4 is 14.8 Å². The normalized spacial score (nSPS) is 13.9. The third-order valence-corrected chi connectivity index (χ3v) is 4.10. The molecule has 27 heavy (non-hydrogen) atoms. The van der Waals surface area contributed by atoms with E-state index in [-0.39, 0.29) is 0 Å². The Morgan fingerprint density at radius 1 is 1.15 bits per heavy atom. The number of hydrogen-bond acceptors (Lipinski definition) is 5. The SMILES string of the molecule is C[C@@H](OC(=O)/C=C/c1ccc2c(c1)OCCO2)C(=O)Nc1ccccc1Cl. The molecule has 0 aromatic heterocycles. The fourth-order valence-electron chi connectivity index (χ4n) is 2.39. The summed E-state index contributed by atoms with van der Waals surface area (Å²) in [6, 6.07) is 12.2. The Kier molecular flexibility index (Phi) is 5.98. The molecule has 0 saturated carbocycles. The summed E-state index contributed by atoms with van der Waals surface area (Å²) in [4.78, 5) is 24.1. The Hall–Kier alpha value is -2.99. The number of nitrogens with one attached hydrogen (secondary N) is 1. The lowest BCUT2D eigenvalue weighted by Gasteiger charge is -2.18. The molecule has 6 nitrogen and oxygen atoms in total. The van der Waals surface area contributed by atoms with Crippen LogP contribution in [0.15, 0.2) is 48.5 Å². The first-order chi connectivity index (χ1) is 13.0. The molecule has 0 bridgehead atoms. The molecule has 1 atom stereocenters. The van der Waals surface area contributed by atoms with Gasteiger partial charge in [-0.25, -0.2) is 4.79 Å². The largest absolute Gasteiger partial charge is 0.486 e. The van der Waals surface area contributed by atoms with E-state index >= 15 is 0 Å². The van der Waals surface area contributed by atoms with Crippen molar-refractivity contribution in [3.8, 4) is 11.5 Å². The van der Waals surface area contributed by atoms with E-state index in [1.165, 1.54) is 13.0 Å². The molecule has 1 aliphatic rings. The summed E-state index contributed by atoms with van der Waals surface area (Å²) in [5, 5.41) is 3.03. The second-order valence-corrected chi connectivity index (χ2v) is 6.19. The fraction of sp³-hybridized carbons (Fsp3) is 0.200. The van der Waals surface area contributed by atoms with E-state index in [0.717, 1.165) is 5.56 Å². The van der Waals surface area contributed by atoms with Crippen LogP contribution in [0, 0.1) is 0 Å². The monoisotopic (exact) mass is 387 g/mol. The van der Waals surface area contributed by atoms with Gasteiger partial charge in [-0.1, -0.05) is 29.8 Å². The Morgan fingerprint density at radius 3 is 2.67 bits per heavy atom. The van der Waals surface area contributed by atoms with Crippen LogP contribution in [0.1, 0.15) is 12.5 Å².